The summed E-state index contributed by atoms with van der Waals surface area (Å²) < 4.78 is 0. The van der Waals surface area contributed by atoms with Crippen LogP contribution in [0, 0.1) is 0 Å². The molecule has 5 heteroatoms. The van der Waals surface area contributed by atoms with E-state index >= 15 is 0 Å². The SMILES string of the molecule is Cl.NC(=NC(c1ccccc1)c1ccccc1)N1CCCC1.O. The molecule has 0 aromatic heterocycles. The normalized spacial score (nSPS) is 14.3. The third kappa shape index (κ3) is 4.71. The van der Waals surface area contributed by atoms with Gasteiger partial charge in [0.05, 0.1) is 0 Å². The van der Waals surface area contributed by atoms with Crippen molar-refractivity contribution in [3.05, 3.63) is 71.8 Å². The van der Waals surface area contributed by atoms with Crippen molar-refractivity contribution in [2.45, 2.75) is 18.9 Å². The van der Waals surface area contributed by atoms with Crippen LogP contribution >= 0.6 is 12.4 Å². The maximum absolute atomic E-state index is 6.23. The minimum Gasteiger partial charge on any atom is -0.412 e. The van der Waals surface area contributed by atoms with Crippen molar-refractivity contribution in [3.8, 4) is 0 Å². The monoisotopic (exact) mass is 333 g/mol. The van der Waals surface area contributed by atoms with Gasteiger partial charge in [0.2, 0.25) is 0 Å². The van der Waals surface area contributed by atoms with Crippen molar-refractivity contribution in [2.24, 2.45) is 10.7 Å². The zero-order chi connectivity index (χ0) is 14.5. The van der Waals surface area contributed by atoms with E-state index in [0.717, 1.165) is 13.1 Å². The second-order valence-electron chi connectivity index (χ2n) is 5.41. The van der Waals surface area contributed by atoms with Gasteiger partial charge in [-0.05, 0) is 24.0 Å². The molecule has 23 heavy (non-hydrogen) atoms. The van der Waals surface area contributed by atoms with Gasteiger partial charge < -0.3 is 16.1 Å². The van der Waals surface area contributed by atoms with Gasteiger partial charge in [-0.3, -0.25) is 0 Å². The molecule has 0 unspecified atom stereocenters. The van der Waals surface area contributed by atoms with E-state index in [9.17, 15) is 0 Å². The molecule has 1 fully saturated rings. The number of aliphatic imine (C=N–C) groups is 1. The predicted octanol–water partition coefficient (Wildman–Crippen LogP) is 2.78. The minimum absolute atomic E-state index is 0. The van der Waals surface area contributed by atoms with Crippen LogP contribution in [0.15, 0.2) is 65.7 Å². The van der Waals surface area contributed by atoms with Crippen molar-refractivity contribution in [1.29, 1.82) is 0 Å². The van der Waals surface area contributed by atoms with Gasteiger partial charge in [0.25, 0.3) is 0 Å². The lowest BCUT2D eigenvalue weighted by Gasteiger charge is -2.20. The zero-order valence-corrected chi connectivity index (χ0v) is 13.9. The standard InChI is InChI=1S/C18H21N3.ClH.H2O/c19-18(21-13-7-8-14-21)20-17(15-9-3-1-4-10-15)16-11-5-2-6-12-16;;/h1-6,9-12,17H,7-8,13-14H2,(H2,19,20);1H;1H2. The number of nitrogens with two attached hydrogens (primary N) is 1. The van der Waals surface area contributed by atoms with Crippen LogP contribution in [0.3, 0.4) is 0 Å². The Morgan fingerprint density at radius 2 is 1.30 bits per heavy atom. The van der Waals surface area contributed by atoms with Gasteiger partial charge in [-0.25, -0.2) is 4.99 Å². The number of hydrogen-bond acceptors (Lipinski definition) is 1. The molecule has 1 aliphatic heterocycles. The summed E-state index contributed by atoms with van der Waals surface area (Å²) in [7, 11) is 0. The van der Waals surface area contributed by atoms with E-state index in [2.05, 4.69) is 29.2 Å². The third-order valence-electron chi connectivity index (χ3n) is 3.92. The van der Waals surface area contributed by atoms with Crippen LogP contribution in [-0.4, -0.2) is 29.4 Å². The average Bonchev–Trinajstić information content (AvgIpc) is 3.09. The van der Waals surface area contributed by atoms with Crippen molar-refractivity contribution >= 4 is 18.4 Å². The summed E-state index contributed by atoms with van der Waals surface area (Å²) in [5, 5.41) is 0. The van der Waals surface area contributed by atoms with E-state index in [1.54, 1.807) is 0 Å². The highest BCUT2D eigenvalue weighted by Crippen LogP contribution is 2.26. The van der Waals surface area contributed by atoms with Crippen molar-refractivity contribution in [3.63, 3.8) is 0 Å². The Bertz CT molecular complexity index is 559. The third-order valence-corrected chi connectivity index (χ3v) is 3.92. The molecule has 1 saturated heterocycles. The number of nitrogens with zero attached hydrogens (tertiary/aromatic N) is 2. The highest BCUT2D eigenvalue weighted by atomic mass is 35.5. The molecule has 0 bridgehead atoms. The molecule has 0 atom stereocenters. The first kappa shape index (κ1) is 19.0. The lowest BCUT2D eigenvalue weighted by molar-refractivity contribution is 0.508. The maximum Gasteiger partial charge on any atom is 0.192 e. The van der Waals surface area contributed by atoms with Gasteiger partial charge >= 0.3 is 0 Å². The van der Waals surface area contributed by atoms with Crippen LogP contribution in [0.4, 0.5) is 0 Å². The fraction of sp³-hybridized carbons (Fsp3) is 0.278. The average molecular weight is 334 g/mol. The largest absolute Gasteiger partial charge is 0.412 e. The fourth-order valence-corrected chi connectivity index (χ4v) is 2.77. The first-order valence-corrected chi connectivity index (χ1v) is 7.53. The Labute approximate surface area is 143 Å². The van der Waals surface area contributed by atoms with E-state index in [-0.39, 0.29) is 23.9 Å². The van der Waals surface area contributed by atoms with Gasteiger partial charge in [0.1, 0.15) is 6.04 Å². The summed E-state index contributed by atoms with van der Waals surface area (Å²) in [5.41, 5.74) is 8.57. The van der Waals surface area contributed by atoms with E-state index in [4.69, 9.17) is 10.7 Å². The molecule has 0 aliphatic carbocycles. The van der Waals surface area contributed by atoms with Gasteiger partial charge in [0, 0.05) is 13.1 Å². The molecule has 0 saturated carbocycles. The molecular formula is C18H24ClN3O. The molecule has 2 aromatic rings. The molecule has 1 aliphatic rings. The van der Waals surface area contributed by atoms with E-state index in [0.29, 0.717) is 5.96 Å². The molecule has 124 valence electrons. The van der Waals surface area contributed by atoms with Crippen LogP contribution in [0.5, 0.6) is 0 Å². The Morgan fingerprint density at radius 1 is 0.870 bits per heavy atom. The van der Waals surface area contributed by atoms with Gasteiger partial charge in [0.15, 0.2) is 5.96 Å². The molecule has 3 rings (SSSR count). The number of rotatable bonds is 3. The summed E-state index contributed by atoms with van der Waals surface area (Å²) in [6.07, 6.45) is 2.41. The van der Waals surface area contributed by atoms with E-state index in [1.807, 2.05) is 36.4 Å². The molecule has 1 heterocycles. The Kier molecular flexibility index (Phi) is 7.59. The summed E-state index contributed by atoms with van der Waals surface area (Å²) >= 11 is 0. The minimum atomic E-state index is -0.0343. The molecule has 0 amide bonds. The van der Waals surface area contributed by atoms with Crippen molar-refractivity contribution < 1.29 is 5.48 Å². The lowest BCUT2D eigenvalue weighted by atomic mass is 9.99. The number of guanidine groups is 1. The number of benzene rings is 2. The molecule has 0 radical (unpaired) electrons. The molecule has 4 nitrogen and oxygen atoms in total. The highest BCUT2D eigenvalue weighted by molar-refractivity contribution is 5.85. The lowest BCUT2D eigenvalue weighted by Crippen LogP contribution is -2.35. The van der Waals surface area contributed by atoms with Gasteiger partial charge in [-0.15, -0.1) is 12.4 Å². The van der Waals surface area contributed by atoms with Crippen LogP contribution in [-0.2, 0) is 0 Å². The van der Waals surface area contributed by atoms with Gasteiger partial charge in [-0.2, -0.15) is 0 Å². The van der Waals surface area contributed by atoms with E-state index in [1.165, 1.54) is 24.0 Å². The van der Waals surface area contributed by atoms with E-state index < -0.39 is 0 Å². The molecular weight excluding hydrogens is 310 g/mol. The first-order valence-electron chi connectivity index (χ1n) is 7.53. The fourth-order valence-electron chi connectivity index (χ4n) is 2.77. The number of halogens is 1. The summed E-state index contributed by atoms with van der Waals surface area (Å²) in [5.74, 6) is 0.658. The molecule has 2 aromatic carbocycles. The Balaban J connectivity index is 0.00000132. The topological polar surface area (TPSA) is 73.1 Å². The smallest absolute Gasteiger partial charge is 0.192 e. The van der Waals surface area contributed by atoms with Crippen LogP contribution in [0.2, 0.25) is 0 Å². The van der Waals surface area contributed by atoms with Crippen molar-refractivity contribution in [2.75, 3.05) is 13.1 Å². The molecule has 4 N–H and O–H groups in total. The predicted molar refractivity (Wildman–Crippen MR) is 98.0 cm³/mol. The van der Waals surface area contributed by atoms with Crippen LogP contribution in [0.25, 0.3) is 0 Å². The number of likely N-dealkylation sites (tertiary alicyclic amines) is 1. The summed E-state index contributed by atoms with van der Waals surface area (Å²) in [6.45, 7) is 2.04. The van der Waals surface area contributed by atoms with Crippen LogP contribution < -0.4 is 5.73 Å². The molecule has 0 spiro atoms. The van der Waals surface area contributed by atoms with Crippen LogP contribution in [0.1, 0.15) is 30.0 Å². The quantitative estimate of drug-likeness (QED) is 0.693. The second-order valence-corrected chi connectivity index (χ2v) is 5.41. The van der Waals surface area contributed by atoms with Gasteiger partial charge in [-0.1, -0.05) is 60.7 Å². The highest BCUT2D eigenvalue weighted by Gasteiger charge is 2.17. The second kappa shape index (κ2) is 9.18. The maximum atomic E-state index is 6.23. The van der Waals surface area contributed by atoms with Crippen molar-refractivity contribution in [1.82, 2.24) is 4.90 Å². The summed E-state index contributed by atoms with van der Waals surface area (Å²) in [4.78, 5) is 7.00. The zero-order valence-electron chi connectivity index (χ0n) is 13.1. The Hall–Kier alpha value is -2.04. The first-order chi connectivity index (χ1) is 10.3. The summed E-state index contributed by atoms with van der Waals surface area (Å²) in [6, 6.07) is 20.7. The number of hydrogen-bond donors (Lipinski definition) is 1. The Morgan fingerprint density at radius 3 is 1.74 bits per heavy atom.